The van der Waals surface area contributed by atoms with Gasteiger partial charge >= 0.3 is 0 Å². The molecule has 0 radical (unpaired) electrons. The molecule has 124 valence electrons. The number of methoxy groups -OCH3 is 1. The summed E-state index contributed by atoms with van der Waals surface area (Å²) < 4.78 is 5.17. The average molecular weight is 327 g/mol. The van der Waals surface area contributed by atoms with Gasteiger partial charge in [0.1, 0.15) is 5.75 Å². The lowest BCUT2D eigenvalue weighted by Crippen LogP contribution is -2.24. The van der Waals surface area contributed by atoms with Crippen LogP contribution in [0, 0.1) is 11.8 Å². The van der Waals surface area contributed by atoms with Crippen LogP contribution in [0.3, 0.4) is 0 Å². The van der Waals surface area contributed by atoms with Crippen molar-refractivity contribution in [3.63, 3.8) is 0 Å². The van der Waals surface area contributed by atoms with Crippen molar-refractivity contribution < 1.29 is 9.53 Å². The van der Waals surface area contributed by atoms with E-state index in [-0.39, 0.29) is 24.2 Å². The lowest BCUT2D eigenvalue weighted by molar-refractivity contribution is -0.120. The van der Waals surface area contributed by atoms with Crippen molar-refractivity contribution in [1.29, 1.82) is 0 Å². The summed E-state index contributed by atoms with van der Waals surface area (Å²) in [4.78, 5) is 12.3. The van der Waals surface area contributed by atoms with Crippen LogP contribution in [0.2, 0.25) is 0 Å². The second-order valence-corrected chi connectivity index (χ2v) is 6.08. The van der Waals surface area contributed by atoms with Crippen LogP contribution in [0.1, 0.15) is 45.4 Å². The van der Waals surface area contributed by atoms with Gasteiger partial charge in [0.05, 0.1) is 18.5 Å². The molecular weight excluding hydrogens is 300 g/mol. The molecule has 0 saturated heterocycles. The van der Waals surface area contributed by atoms with Crippen molar-refractivity contribution in [2.75, 3.05) is 18.2 Å². The first-order valence-electron chi connectivity index (χ1n) is 7.84. The molecular formula is C17H27ClN2O2. The number of ether oxygens (including phenoxy) is 1. The molecule has 1 fully saturated rings. The number of carbonyl (C=O) groups excluding carboxylic acids is 1. The number of hydrogen-bond donors (Lipinski definition) is 2. The minimum absolute atomic E-state index is 0. The zero-order valence-electron chi connectivity index (χ0n) is 13.4. The van der Waals surface area contributed by atoms with E-state index in [1.165, 1.54) is 32.1 Å². The number of rotatable bonds is 5. The number of benzene rings is 1. The molecule has 1 unspecified atom stereocenters. The molecule has 1 aromatic carbocycles. The van der Waals surface area contributed by atoms with Crippen molar-refractivity contribution in [2.45, 2.75) is 45.4 Å². The van der Waals surface area contributed by atoms with Gasteiger partial charge in [0.25, 0.3) is 0 Å². The molecule has 5 heteroatoms. The largest absolute Gasteiger partial charge is 0.497 e. The molecule has 2 rings (SSSR count). The highest BCUT2D eigenvalue weighted by Crippen LogP contribution is 2.30. The molecule has 0 spiro atoms. The average Bonchev–Trinajstić information content (AvgIpc) is 2.50. The molecule has 1 aliphatic carbocycles. The van der Waals surface area contributed by atoms with Gasteiger partial charge in [-0.3, -0.25) is 4.79 Å². The number of nitrogen functional groups attached to an aromatic ring is 1. The molecule has 4 nitrogen and oxygen atoms in total. The second-order valence-electron chi connectivity index (χ2n) is 6.08. The SMILES string of the molecule is COc1ccc(N)c(NC(=O)C(C)CC2CCCCC2)c1.Cl. The van der Waals surface area contributed by atoms with Crippen molar-refractivity contribution >= 4 is 29.7 Å². The Balaban J connectivity index is 0.00000242. The van der Waals surface area contributed by atoms with Gasteiger partial charge in [-0.05, 0) is 24.5 Å². The Bertz CT molecular complexity index is 488. The third-order valence-electron chi connectivity index (χ3n) is 4.38. The molecule has 0 aliphatic heterocycles. The molecule has 0 heterocycles. The van der Waals surface area contributed by atoms with Crippen molar-refractivity contribution in [2.24, 2.45) is 11.8 Å². The van der Waals surface area contributed by atoms with Crippen LogP contribution in [0.15, 0.2) is 18.2 Å². The van der Waals surface area contributed by atoms with Gasteiger partial charge in [-0.2, -0.15) is 0 Å². The number of carbonyl (C=O) groups is 1. The summed E-state index contributed by atoms with van der Waals surface area (Å²) in [5.74, 6) is 1.45. The van der Waals surface area contributed by atoms with E-state index in [9.17, 15) is 4.79 Å². The smallest absolute Gasteiger partial charge is 0.227 e. The molecule has 22 heavy (non-hydrogen) atoms. The highest BCUT2D eigenvalue weighted by Gasteiger charge is 2.21. The topological polar surface area (TPSA) is 64.3 Å². The Morgan fingerprint density at radius 3 is 2.68 bits per heavy atom. The fourth-order valence-electron chi connectivity index (χ4n) is 3.06. The third kappa shape index (κ3) is 5.09. The fourth-order valence-corrected chi connectivity index (χ4v) is 3.06. The monoisotopic (exact) mass is 326 g/mol. The maximum atomic E-state index is 12.3. The summed E-state index contributed by atoms with van der Waals surface area (Å²) in [6, 6.07) is 5.30. The third-order valence-corrected chi connectivity index (χ3v) is 4.38. The number of amides is 1. The summed E-state index contributed by atoms with van der Waals surface area (Å²) in [7, 11) is 1.60. The highest BCUT2D eigenvalue weighted by atomic mass is 35.5. The van der Waals surface area contributed by atoms with E-state index in [1.807, 2.05) is 6.92 Å². The summed E-state index contributed by atoms with van der Waals surface area (Å²) in [5.41, 5.74) is 7.10. The summed E-state index contributed by atoms with van der Waals surface area (Å²) in [5, 5.41) is 2.93. The van der Waals surface area contributed by atoms with Crippen LogP contribution in [-0.4, -0.2) is 13.0 Å². The van der Waals surface area contributed by atoms with E-state index in [0.717, 1.165) is 6.42 Å². The van der Waals surface area contributed by atoms with E-state index >= 15 is 0 Å². The van der Waals surface area contributed by atoms with Gasteiger partial charge in [-0.25, -0.2) is 0 Å². The van der Waals surface area contributed by atoms with Crippen LogP contribution in [-0.2, 0) is 4.79 Å². The number of anilines is 2. The van der Waals surface area contributed by atoms with Crippen molar-refractivity contribution in [3.8, 4) is 5.75 Å². The Morgan fingerprint density at radius 2 is 2.05 bits per heavy atom. The molecule has 0 aromatic heterocycles. The van der Waals surface area contributed by atoms with Crippen LogP contribution in [0.4, 0.5) is 11.4 Å². The standard InChI is InChI=1S/C17H26N2O2.ClH/c1-12(10-13-6-4-3-5-7-13)17(20)19-16-11-14(21-2)8-9-15(16)18;/h8-9,11-13H,3-7,10,18H2,1-2H3,(H,19,20);1H. The molecule has 1 amide bonds. The molecule has 0 bridgehead atoms. The van der Waals surface area contributed by atoms with Gasteiger partial charge in [0.2, 0.25) is 5.91 Å². The summed E-state index contributed by atoms with van der Waals surface area (Å²) in [6.45, 7) is 2.00. The van der Waals surface area contributed by atoms with Crippen molar-refractivity contribution in [3.05, 3.63) is 18.2 Å². The maximum Gasteiger partial charge on any atom is 0.227 e. The van der Waals surface area contributed by atoms with Crippen LogP contribution in [0.25, 0.3) is 0 Å². The summed E-state index contributed by atoms with van der Waals surface area (Å²) >= 11 is 0. The van der Waals surface area contributed by atoms with Gasteiger partial charge in [0, 0.05) is 12.0 Å². The number of hydrogen-bond acceptors (Lipinski definition) is 3. The minimum Gasteiger partial charge on any atom is -0.497 e. The molecule has 1 aliphatic rings. The Morgan fingerprint density at radius 1 is 1.36 bits per heavy atom. The molecule has 1 saturated carbocycles. The number of nitrogens with one attached hydrogen (secondary N) is 1. The molecule has 1 atom stereocenters. The van der Waals surface area contributed by atoms with Gasteiger partial charge < -0.3 is 15.8 Å². The first-order chi connectivity index (χ1) is 10.1. The lowest BCUT2D eigenvalue weighted by Gasteiger charge is -2.24. The number of nitrogens with two attached hydrogens (primary N) is 1. The van der Waals surface area contributed by atoms with Gasteiger partial charge in [-0.1, -0.05) is 39.0 Å². The van der Waals surface area contributed by atoms with Crippen LogP contribution >= 0.6 is 12.4 Å². The quantitative estimate of drug-likeness (QED) is 0.795. The minimum atomic E-state index is 0. The molecule has 3 N–H and O–H groups in total. The van der Waals surface area contributed by atoms with Gasteiger partial charge in [0.15, 0.2) is 0 Å². The molecule has 1 aromatic rings. The van der Waals surface area contributed by atoms with Crippen LogP contribution in [0.5, 0.6) is 5.75 Å². The Kier molecular flexibility index (Phi) is 7.52. The lowest BCUT2D eigenvalue weighted by atomic mass is 9.83. The number of halogens is 1. The highest BCUT2D eigenvalue weighted by molar-refractivity contribution is 5.95. The fraction of sp³-hybridized carbons (Fsp3) is 0.588. The van der Waals surface area contributed by atoms with E-state index in [4.69, 9.17) is 10.5 Å². The van der Waals surface area contributed by atoms with E-state index in [0.29, 0.717) is 23.0 Å². The van der Waals surface area contributed by atoms with E-state index in [2.05, 4.69) is 5.32 Å². The van der Waals surface area contributed by atoms with E-state index < -0.39 is 0 Å². The maximum absolute atomic E-state index is 12.3. The zero-order valence-corrected chi connectivity index (χ0v) is 14.2. The second kappa shape index (κ2) is 8.89. The van der Waals surface area contributed by atoms with Gasteiger partial charge in [-0.15, -0.1) is 12.4 Å². The Labute approximate surface area is 139 Å². The van der Waals surface area contributed by atoms with E-state index in [1.54, 1.807) is 25.3 Å². The first-order valence-corrected chi connectivity index (χ1v) is 7.84. The van der Waals surface area contributed by atoms with Crippen LogP contribution < -0.4 is 15.8 Å². The normalized spacial score (nSPS) is 16.5. The predicted octanol–water partition coefficient (Wildman–Crippen LogP) is 4.24. The Hall–Kier alpha value is -1.42. The summed E-state index contributed by atoms with van der Waals surface area (Å²) in [6.07, 6.45) is 7.45. The zero-order chi connectivity index (χ0) is 15.2. The predicted molar refractivity (Wildman–Crippen MR) is 93.6 cm³/mol. The first kappa shape index (κ1) is 18.6. The van der Waals surface area contributed by atoms with Crippen molar-refractivity contribution in [1.82, 2.24) is 0 Å².